The van der Waals surface area contributed by atoms with Gasteiger partial charge >= 0.3 is 0 Å². The van der Waals surface area contributed by atoms with Crippen molar-refractivity contribution in [3.8, 4) is 0 Å². The lowest BCUT2D eigenvalue weighted by Crippen LogP contribution is -3.02. The second kappa shape index (κ2) is 6.99. The van der Waals surface area contributed by atoms with E-state index in [1.54, 1.807) is 60.7 Å². The van der Waals surface area contributed by atoms with Crippen LogP contribution in [0.3, 0.4) is 0 Å². The van der Waals surface area contributed by atoms with Gasteiger partial charge in [0.1, 0.15) is 12.2 Å². The van der Waals surface area contributed by atoms with Crippen LogP contribution in [0.4, 0.5) is 5.69 Å². The zero-order valence-corrected chi connectivity index (χ0v) is 16.5. The molecule has 4 nitrogen and oxygen atoms in total. The number of hydrogen-bond donors (Lipinski definition) is 1. The molecule has 3 aromatic rings. The van der Waals surface area contributed by atoms with Crippen LogP contribution in [0.5, 0.6) is 0 Å². The van der Waals surface area contributed by atoms with E-state index in [9.17, 15) is 14.8 Å². The molecule has 0 radical (unpaired) electrons. The van der Waals surface area contributed by atoms with Crippen LogP contribution in [-0.4, -0.2) is 18.1 Å². The van der Waals surface area contributed by atoms with E-state index < -0.39 is 5.41 Å². The largest absolute Gasteiger partial charge is 0.629 e. The maximum atomic E-state index is 13.6. The SMILES string of the molecule is O=C(c1ccccc1)C1(C(=O)c2ccccc2)C[NH+]([O-])c2cc(I)ccc21. The van der Waals surface area contributed by atoms with E-state index in [-0.39, 0.29) is 23.2 Å². The molecule has 1 unspecified atom stereocenters. The number of quaternary nitrogens is 1. The lowest BCUT2D eigenvalue weighted by atomic mass is 9.71. The first-order chi connectivity index (χ1) is 13.0. The quantitative estimate of drug-likeness (QED) is 0.276. The lowest BCUT2D eigenvalue weighted by molar-refractivity contribution is -0.771. The molecule has 5 heteroatoms. The predicted molar refractivity (Wildman–Crippen MR) is 111 cm³/mol. The van der Waals surface area contributed by atoms with Gasteiger partial charge in [0.25, 0.3) is 0 Å². The second-order valence-electron chi connectivity index (χ2n) is 6.59. The summed E-state index contributed by atoms with van der Waals surface area (Å²) in [5, 5.41) is 12.6. The van der Waals surface area contributed by atoms with Gasteiger partial charge in [0, 0.05) is 26.3 Å². The summed E-state index contributed by atoms with van der Waals surface area (Å²) in [6.07, 6.45) is 0. The Morgan fingerprint density at radius 3 is 1.89 bits per heavy atom. The van der Waals surface area contributed by atoms with Crippen LogP contribution in [0.25, 0.3) is 0 Å². The molecular formula is C22H16INO3. The van der Waals surface area contributed by atoms with Gasteiger partial charge in [-0.25, -0.2) is 0 Å². The molecule has 0 aliphatic carbocycles. The molecular weight excluding hydrogens is 453 g/mol. The van der Waals surface area contributed by atoms with Crippen molar-refractivity contribution in [3.63, 3.8) is 0 Å². The molecule has 0 spiro atoms. The fourth-order valence-corrected chi connectivity index (χ4v) is 4.22. The third kappa shape index (κ3) is 2.92. The van der Waals surface area contributed by atoms with Gasteiger partial charge in [0.05, 0.1) is 0 Å². The van der Waals surface area contributed by atoms with E-state index >= 15 is 0 Å². The van der Waals surface area contributed by atoms with E-state index in [0.29, 0.717) is 22.4 Å². The Labute approximate surface area is 170 Å². The van der Waals surface area contributed by atoms with Gasteiger partial charge in [-0.15, -0.1) is 0 Å². The van der Waals surface area contributed by atoms with E-state index in [1.807, 2.05) is 18.2 Å². The molecule has 134 valence electrons. The topological polar surface area (TPSA) is 61.6 Å². The van der Waals surface area contributed by atoms with Crippen LogP contribution in [-0.2, 0) is 5.41 Å². The molecule has 0 aromatic heterocycles. The molecule has 0 bridgehead atoms. The molecule has 1 aliphatic heterocycles. The summed E-state index contributed by atoms with van der Waals surface area (Å²) >= 11 is 2.13. The maximum absolute atomic E-state index is 13.6. The standard InChI is InChI=1S/C22H16INO3/c23-17-11-12-18-19(13-17)24(27)14-22(18,20(25)15-7-3-1-4-8-15)21(26)16-9-5-2-6-10-16/h1-13,24H,14H2. The van der Waals surface area contributed by atoms with Crippen molar-refractivity contribution >= 4 is 39.8 Å². The Kier molecular flexibility index (Phi) is 4.67. The zero-order chi connectivity index (χ0) is 19.0. The van der Waals surface area contributed by atoms with Crippen molar-refractivity contribution in [1.29, 1.82) is 0 Å². The highest BCUT2D eigenvalue weighted by Crippen LogP contribution is 2.39. The van der Waals surface area contributed by atoms with Crippen LogP contribution in [0, 0.1) is 8.78 Å². The predicted octanol–water partition coefficient (Wildman–Crippen LogP) is 3.32. The molecule has 0 fully saturated rings. The summed E-state index contributed by atoms with van der Waals surface area (Å²) in [5.74, 6) is -0.657. The van der Waals surface area contributed by atoms with Crippen molar-refractivity contribution in [2.24, 2.45) is 0 Å². The number of carbonyl (C=O) groups is 2. The van der Waals surface area contributed by atoms with Crippen molar-refractivity contribution in [2.75, 3.05) is 6.54 Å². The molecule has 0 amide bonds. The number of halogens is 1. The molecule has 1 atom stereocenters. The number of benzene rings is 3. The van der Waals surface area contributed by atoms with Gasteiger partial charge < -0.3 is 10.3 Å². The van der Waals surface area contributed by atoms with E-state index in [2.05, 4.69) is 22.6 Å². The number of hydrogen-bond acceptors (Lipinski definition) is 3. The first kappa shape index (κ1) is 18.0. The Morgan fingerprint density at radius 1 is 0.852 bits per heavy atom. The minimum absolute atomic E-state index is 0.135. The van der Waals surface area contributed by atoms with Gasteiger partial charge in [-0.2, -0.15) is 0 Å². The molecule has 3 aromatic carbocycles. The van der Waals surface area contributed by atoms with Crippen molar-refractivity contribution in [3.05, 3.63) is 104 Å². The average molecular weight is 469 g/mol. The van der Waals surface area contributed by atoms with Crippen LogP contribution in [0.2, 0.25) is 0 Å². The number of nitrogens with one attached hydrogen (secondary N) is 1. The normalized spacial score (nSPS) is 17.3. The smallest absolute Gasteiger partial charge is 0.187 e. The molecule has 1 N–H and O–H groups in total. The van der Waals surface area contributed by atoms with Crippen molar-refractivity contribution in [1.82, 2.24) is 0 Å². The van der Waals surface area contributed by atoms with Gasteiger partial charge in [0.2, 0.25) is 0 Å². The zero-order valence-electron chi connectivity index (χ0n) is 14.3. The molecule has 0 saturated carbocycles. The molecule has 4 rings (SSSR count). The highest BCUT2D eigenvalue weighted by atomic mass is 127. The number of fused-ring (bicyclic) bond motifs is 1. The number of hydroxylamine groups is 1. The van der Waals surface area contributed by atoms with E-state index in [0.717, 1.165) is 3.57 Å². The lowest BCUT2D eigenvalue weighted by Gasteiger charge is -2.26. The summed E-state index contributed by atoms with van der Waals surface area (Å²) in [4.78, 5) is 27.2. The number of rotatable bonds is 4. The Morgan fingerprint density at radius 2 is 1.37 bits per heavy atom. The van der Waals surface area contributed by atoms with E-state index in [1.165, 1.54) is 0 Å². The molecule has 1 heterocycles. The number of carbonyl (C=O) groups excluding carboxylic acids is 2. The molecule has 0 saturated heterocycles. The highest BCUT2D eigenvalue weighted by molar-refractivity contribution is 14.1. The van der Waals surface area contributed by atoms with Crippen LogP contribution >= 0.6 is 22.6 Å². The van der Waals surface area contributed by atoms with Gasteiger partial charge in [0.15, 0.2) is 17.0 Å². The fraction of sp³-hybridized carbons (Fsp3) is 0.0909. The minimum Gasteiger partial charge on any atom is -0.629 e. The van der Waals surface area contributed by atoms with Crippen molar-refractivity contribution < 1.29 is 14.7 Å². The minimum atomic E-state index is -1.51. The summed E-state index contributed by atoms with van der Waals surface area (Å²) in [6, 6.07) is 22.8. The first-order valence-corrected chi connectivity index (χ1v) is 9.65. The number of Topliss-reactive ketones (excluding diaryl/α,β-unsaturated/α-hetero) is 2. The second-order valence-corrected chi connectivity index (χ2v) is 7.83. The van der Waals surface area contributed by atoms with Gasteiger partial charge in [-0.3, -0.25) is 9.59 Å². The Hall–Kier alpha value is -2.35. The van der Waals surface area contributed by atoms with Crippen LogP contribution in [0.15, 0.2) is 78.9 Å². The average Bonchev–Trinajstić information content (AvgIpc) is 3.01. The Balaban J connectivity index is 1.96. The van der Waals surface area contributed by atoms with Gasteiger partial charge in [-0.05, 0) is 28.7 Å². The first-order valence-electron chi connectivity index (χ1n) is 8.57. The molecule has 1 aliphatic rings. The summed E-state index contributed by atoms with van der Waals surface area (Å²) in [7, 11) is 0. The number of ketones is 2. The van der Waals surface area contributed by atoms with Crippen LogP contribution < -0.4 is 5.06 Å². The summed E-state index contributed by atoms with van der Waals surface area (Å²) in [5.41, 5.74) is 0.326. The summed E-state index contributed by atoms with van der Waals surface area (Å²) < 4.78 is 0.898. The third-order valence-electron chi connectivity index (χ3n) is 5.01. The van der Waals surface area contributed by atoms with E-state index in [4.69, 9.17) is 0 Å². The molecule has 27 heavy (non-hydrogen) atoms. The third-order valence-corrected chi connectivity index (χ3v) is 5.69. The van der Waals surface area contributed by atoms with Gasteiger partial charge in [-0.1, -0.05) is 66.7 Å². The monoisotopic (exact) mass is 469 g/mol. The fourth-order valence-electron chi connectivity index (χ4n) is 3.73. The van der Waals surface area contributed by atoms with Crippen molar-refractivity contribution in [2.45, 2.75) is 5.41 Å². The Bertz CT molecular complexity index is 967. The van der Waals surface area contributed by atoms with Crippen LogP contribution in [0.1, 0.15) is 26.3 Å². The highest BCUT2D eigenvalue weighted by Gasteiger charge is 2.56. The maximum Gasteiger partial charge on any atom is 0.187 e. The summed E-state index contributed by atoms with van der Waals surface area (Å²) in [6.45, 7) is -0.135.